The van der Waals surface area contributed by atoms with Crippen molar-refractivity contribution in [2.75, 3.05) is 11.9 Å². The molecule has 3 rings (SSSR count). The Bertz CT molecular complexity index is 1000. The Morgan fingerprint density at radius 3 is 2.17 bits per heavy atom. The van der Waals surface area contributed by atoms with Gasteiger partial charge in [-0.2, -0.15) is 0 Å². The average molecular weight is 394 g/mol. The Kier molecular flexibility index (Phi) is 5.98. The van der Waals surface area contributed by atoms with Crippen LogP contribution in [0.15, 0.2) is 54.6 Å². The highest BCUT2D eigenvalue weighted by Crippen LogP contribution is 2.21. The fraction of sp³-hybridized carbons (Fsp3) is 0.150. The summed E-state index contributed by atoms with van der Waals surface area (Å²) in [6.07, 6.45) is 0. The zero-order chi connectivity index (χ0) is 20.8. The molecule has 2 aromatic carbocycles. The molecule has 148 valence electrons. The topological polar surface area (TPSA) is 116 Å². The molecule has 0 saturated heterocycles. The number of ether oxygens (including phenoxy) is 2. The van der Waals surface area contributed by atoms with Crippen LogP contribution in [0.3, 0.4) is 0 Å². The van der Waals surface area contributed by atoms with Crippen LogP contribution in [0.4, 0.5) is 11.4 Å². The molecule has 1 aromatic heterocycles. The summed E-state index contributed by atoms with van der Waals surface area (Å²) in [5.41, 5.74) is 2.14. The predicted molar refractivity (Wildman–Crippen MR) is 105 cm³/mol. The van der Waals surface area contributed by atoms with Gasteiger partial charge in [0.15, 0.2) is 6.61 Å². The lowest BCUT2D eigenvalue weighted by atomic mass is 10.3. The van der Waals surface area contributed by atoms with Gasteiger partial charge in [0.25, 0.3) is 11.6 Å². The van der Waals surface area contributed by atoms with E-state index in [1.807, 2.05) is 19.9 Å². The van der Waals surface area contributed by atoms with Crippen molar-refractivity contribution in [3.63, 3.8) is 0 Å². The van der Waals surface area contributed by atoms with Gasteiger partial charge in [0.05, 0.1) is 4.92 Å². The highest BCUT2D eigenvalue weighted by atomic mass is 16.6. The van der Waals surface area contributed by atoms with E-state index in [-0.39, 0.29) is 24.2 Å². The van der Waals surface area contributed by atoms with Crippen molar-refractivity contribution < 1.29 is 19.2 Å². The van der Waals surface area contributed by atoms with E-state index in [1.165, 1.54) is 24.3 Å². The van der Waals surface area contributed by atoms with Crippen LogP contribution < -0.4 is 14.8 Å². The first-order chi connectivity index (χ1) is 13.9. The van der Waals surface area contributed by atoms with E-state index >= 15 is 0 Å². The zero-order valence-corrected chi connectivity index (χ0v) is 15.8. The number of nitrogens with one attached hydrogen (secondary N) is 1. The van der Waals surface area contributed by atoms with E-state index in [0.29, 0.717) is 17.2 Å². The molecule has 1 N–H and O–H groups in total. The fourth-order valence-corrected chi connectivity index (χ4v) is 2.46. The largest absolute Gasteiger partial charge is 0.484 e. The highest BCUT2D eigenvalue weighted by molar-refractivity contribution is 5.91. The van der Waals surface area contributed by atoms with E-state index in [2.05, 4.69) is 15.3 Å². The van der Waals surface area contributed by atoms with Crippen molar-refractivity contribution in [3.05, 3.63) is 76.1 Å². The van der Waals surface area contributed by atoms with E-state index in [1.54, 1.807) is 24.3 Å². The standard InChI is InChI=1S/C20H18N4O5/c1-13-11-14(2)22-20(21-13)29-18-7-3-15(4-8-18)23-19(25)12-28-17-9-5-16(6-10-17)24(26)27/h3-11H,12H2,1-2H3,(H,23,25). The van der Waals surface area contributed by atoms with Crippen LogP contribution in [-0.4, -0.2) is 27.4 Å². The molecule has 0 atom stereocenters. The number of amides is 1. The molecule has 9 nitrogen and oxygen atoms in total. The average Bonchev–Trinajstić information content (AvgIpc) is 2.67. The van der Waals surface area contributed by atoms with Gasteiger partial charge in [-0.1, -0.05) is 0 Å². The van der Waals surface area contributed by atoms with Crippen LogP contribution in [0.2, 0.25) is 0 Å². The van der Waals surface area contributed by atoms with Crippen molar-refractivity contribution in [3.8, 4) is 17.5 Å². The smallest absolute Gasteiger partial charge is 0.322 e. The second-order valence-electron chi connectivity index (χ2n) is 6.15. The number of carbonyl (C=O) groups is 1. The number of hydrogen-bond acceptors (Lipinski definition) is 7. The molecule has 29 heavy (non-hydrogen) atoms. The van der Waals surface area contributed by atoms with Crippen molar-refractivity contribution in [2.45, 2.75) is 13.8 Å². The predicted octanol–water partition coefficient (Wildman–Crippen LogP) is 3.81. The van der Waals surface area contributed by atoms with Crippen molar-refractivity contribution in [1.82, 2.24) is 9.97 Å². The Labute approximate surface area is 166 Å². The van der Waals surface area contributed by atoms with Crippen LogP contribution in [0.25, 0.3) is 0 Å². The van der Waals surface area contributed by atoms with E-state index in [9.17, 15) is 14.9 Å². The molecule has 0 aliphatic carbocycles. The maximum atomic E-state index is 12.0. The minimum atomic E-state index is -0.504. The van der Waals surface area contributed by atoms with Crippen LogP contribution in [0.1, 0.15) is 11.4 Å². The number of nitro groups is 1. The minimum Gasteiger partial charge on any atom is -0.484 e. The molecule has 0 unspecified atom stereocenters. The molecule has 0 saturated carbocycles. The molecule has 0 radical (unpaired) electrons. The Hall–Kier alpha value is -4.01. The van der Waals surface area contributed by atoms with Crippen LogP contribution >= 0.6 is 0 Å². The number of hydrogen-bond donors (Lipinski definition) is 1. The van der Waals surface area contributed by atoms with Gasteiger partial charge in [-0.3, -0.25) is 14.9 Å². The normalized spacial score (nSPS) is 10.3. The number of aryl methyl sites for hydroxylation is 2. The molecule has 0 spiro atoms. The molecule has 0 bridgehead atoms. The Balaban J connectivity index is 1.52. The molecule has 1 amide bonds. The summed E-state index contributed by atoms with van der Waals surface area (Å²) in [4.78, 5) is 30.6. The first-order valence-electron chi connectivity index (χ1n) is 8.66. The molecule has 1 heterocycles. The third kappa shape index (κ3) is 5.73. The molecular weight excluding hydrogens is 376 g/mol. The van der Waals surface area contributed by atoms with E-state index < -0.39 is 4.92 Å². The number of rotatable bonds is 7. The summed E-state index contributed by atoms with van der Waals surface area (Å²) >= 11 is 0. The number of anilines is 1. The van der Waals surface area contributed by atoms with Crippen molar-refractivity contribution in [1.29, 1.82) is 0 Å². The van der Waals surface area contributed by atoms with Gasteiger partial charge in [-0.25, -0.2) is 9.97 Å². The van der Waals surface area contributed by atoms with Gasteiger partial charge in [-0.05, 0) is 56.3 Å². The fourth-order valence-electron chi connectivity index (χ4n) is 2.46. The van der Waals surface area contributed by atoms with Gasteiger partial charge in [0, 0.05) is 29.2 Å². The lowest BCUT2D eigenvalue weighted by molar-refractivity contribution is -0.384. The number of benzene rings is 2. The lowest BCUT2D eigenvalue weighted by Crippen LogP contribution is -2.20. The summed E-state index contributed by atoms with van der Waals surface area (Å²) in [7, 11) is 0. The number of nitro benzene ring substituents is 1. The van der Waals surface area contributed by atoms with Gasteiger partial charge in [0.2, 0.25) is 0 Å². The minimum absolute atomic E-state index is 0.0460. The molecule has 0 aliphatic rings. The Morgan fingerprint density at radius 2 is 1.59 bits per heavy atom. The van der Waals surface area contributed by atoms with Crippen LogP contribution in [0.5, 0.6) is 17.5 Å². The second-order valence-corrected chi connectivity index (χ2v) is 6.15. The lowest BCUT2D eigenvalue weighted by Gasteiger charge is -2.09. The summed E-state index contributed by atoms with van der Waals surface area (Å²) < 4.78 is 10.9. The first-order valence-corrected chi connectivity index (χ1v) is 8.66. The van der Waals surface area contributed by atoms with Crippen LogP contribution in [-0.2, 0) is 4.79 Å². The van der Waals surface area contributed by atoms with Gasteiger partial charge in [0.1, 0.15) is 11.5 Å². The summed E-state index contributed by atoms with van der Waals surface area (Å²) in [6, 6.07) is 14.3. The SMILES string of the molecule is Cc1cc(C)nc(Oc2ccc(NC(=O)COc3ccc([N+](=O)[O-])cc3)cc2)n1. The van der Waals surface area contributed by atoms with E-state index in [0.717, 1.165) is 11.4 Å². The summed E-state index contributed by atoms with van der Waals surface area (Å²) in [5.74, 6) is 0.535. The van der Waals surface area contributed by atoms with Crippen molar-refractivity contribution in [2.24, 2.45) is 0 Å². The van der Waals surface area contributed by atoms with Gasteiger partial charge < -0.3 is 14.8 Å². The molecule has 0 aliphatic heterocycles. The number of carbonyl (C=O) groups excluding carboxylic acids is 1. The number of non-ortho nitro benzene ring substituents is 1. The Morgan fingerprint density at radius 1 is 1.00 bits per heavy atom. The monoisotopic (exact) mass is 394 g/mol. The van der Waals surface area contributed by atoms with Crippen molar-refractivity contribution >= 4 is 17.3 Å². The third-order valence-electron chi connectivity index (χ3n) is 3.73. The highest BCUT2D eigenvalue weighted by Gasteiger charge is 2.08. The summed E-state index contributed by atoms with van der Waals surface area (Å²) in [6.45, 7) is 3.49. The molecular formula is C20H18N4O5. The molecule has 3 aromatic rings. The second kappa shape index (κ2) is 8.79. The van der Waals surface area contributed by atoms with E-state index in [4.69, 9.17) is 9.47 Å². The third-order valence-corrected chi connectivity index (χ3v) is 3.73. The molecule has 9 heteroatoms. The summed E-state index contributed by atoms with van der Waals surface area (Å²) in [5, 5.41) is 13.3. The number of aromatic nitrogens is 2. The number of nitrogens with zero attached hydrogens (tertiary/aromatic N) is 3. The maximum absolute atomic E-state index is 12.0. The van der Waals surface area contributed by atoms with Gasteiger partial charge >= 0.3 is 6.01 Å². The zero-order valence-electron chi connectivity index (χ0n) is 15.8. The first kappa shape index (κ1) is 19.7. The maximum Gasteiger partial charge on any atom is 0.322 e. The van der Waals surface area contributed by atoms with Gasteiger partial charge in [-0.15, -0.1) is 0 Å². The molecule has 0 fully saturated rings. The quantitative estimate of drug-likeness (QED) is 0.478. The van der Waals surface area contributed by atoms with Crippen LogP contribution in [0, 0.1) is 24.0 Å².